The van der Waals surface area contributed by atoms with E-state index in [0.29, 0.717) is 12.8 Å². The summed E-state index contributed by atoms with van der Waals surface area (Å²) in [7, 11) is -3.47. The minimum absolute atomic E-state index is 0.0803. The molecule has 0 spiro atoms. The third-order valence-corrected chi connectivity index (χ3v) is 5.03. The van der Waals surface area contributed by atoms with Gasteiger partial charge in [0.15, 0.2) is 0 Å². The summed E-state index contributed by atoms with van der Waals surface area (Å²) in [5.74, 6) is -0.701. The van der Waals surface area contributed by atoms with Crippen LogP contribution in [0.1, 0.15) is 19.8 Å². The lowest BCUT2D eigenvalue weighted by molar-refractivity contribution is -0.123. The van der Waals surface area contributed by atoms with Crippen LogP contribution >= 0.6 is 0 Å². The summed E-state index contributed by atoms with van der Waals surface area (Å²) in [5.41, 5.74) is 7.46. The van der Waals surface area contributed by atoms with Crippen LogP contribution in [-0.4, -0.2) is 33.2 Å². The van der Waals surface area contributed by atoms with Gasteiger partial charge < -0.3 is 10.6 Å². The van der Waals surface area contributed by atoms with E-state index in [1.807, 2.05) is 24.3 Å². The molecular weight excluding hydrogens is 290 g/mol. The summed E-state index contributed by atoms with van der Waals surface area (Å²) >= 11 is 0. The van der Waals surface area contributed by atoms with Gasteiger partial charge in [0.05, 0.1) is 5.75 Å². The van der Waals surface area contributed by atoms with Gasteiger partial charge in [-0.1, -0.05) is 0 Å². The molecule has 1 heterocycles. The lowest BCUT2D eigenvalue weighted by Crippen LogP contribution is -2.42. The monoisotopic (exact) mass is 311 g/mol. The van der Waals surface area contributed by atoms with Crippen molar-refractivity contribution >= 4 is 27.3 Å². The van der Waals surface area contributed by atoms with Gasteiger partial charge in [-0.2, -0.15) is 0 Å². The summed E-state index contributed by atoms with van der Waals surface area (Å²) in [6, 6.07) is 7.61. The molecule has 3 N–H and O–H groups in total. The van der Waals surface area contributed by atoms with Crippen LogP contribution in [0.25, 0.3) is 0 Å². The van der Waals surface area contributed by atoms with Crippen LogP contribution in [0, 0.1) is 5.92 Å². The number of rotatable bonds is 4. The van der Waals surface area contributed by atoms with Gasteiger partial charge in [0.2, 0.25) is 15.9 Å². The number of anilines is 2. The van der Waals surface area contributed by atoms with E-state index in [1.54, 1.807) is 0 Å². The van der Waals surface area contributed by atoms with E-state index < -0.39 is 10.0 Å². The maximum atomic E-state index is 11.9. The van der Waals surface area contributed by atoms with Gasteiger partial charge in [0.1, 0.15) is 0 Å². The maximum Gasteiger partial charge on any atom is 0.236 e. The smallest absolute Gasteiger partial charge is 0.236 e. The largest absolute Gasteiger partial charge is 0.399 e. The summed E-state index contributed by atoms with van der Waals surface area (Å²) in [5, 5.41) is 0. The zero-order valence-electron chi connectivity index (χ0n) is 12.1. The van der Waals surface area contributed by atoms with Crippen molar-refractivity contribution in [1.29, 1.82) is 0 Å². The van der Waals surface area contributed by atoms with E-state index in [0.717, 1.165) is 24.5 Å². The van der Waals surface area contributed by atoms with Gasteiger partial charge in [-0.05, 0) is 44.0 Å². The van der Waals surface area contributed by atoms with Gasteiger partial charge in [-0.15, -0.1) is 0 Å². The SMILES string of the molecule is CCS(=O)(=O)NC(=O)C1CCN(c2ccc(N)cc2)CC1. The van der Waals surface area contributed by atoms with Crippen molar-refractivity contribution < 1.29 is 13.2 Å². The summed E-state index contributed by atoms with van der Waals surface area (Å²) in [6.45, 7) is 2.97. The highest BCUT2D eigenvalue weighted by Gasteiger charge is 2.27. The van der Waals surface area contributed by atoms with E-state index in [-0.39, 0.29) is 17.6 Å². The Morgan fingerprint density at radius 2 is 1.86 bits per heavy atom. The standard InChI is InChI=1S/C14H21N3O3S/c1-2-21(19,20)16-14(18)11-7-9-17(10-8-11)13-5-3-12(15)4-6-13/h3-6,11H,2,7-10,15H2,1H3,(H,16,18). The Kier molecular flexibility index (Phi) is 4.72. The van der Waals surface area contributed by atoms with Crippen LogP contribution in [0.2, 0.25) is 0 Å². The third-order valence-electron chi connectivity index (χ3n) is 3.76. The first-order chi connectivity index (χ1) is 9.91. The van der Waals surface area contributed by atoms with Crippen molar-refractivity contribution in [2.75, 3.05) is 29.5 Å². The van der Waals surface area contributed by atoms with E-state index in [9.17, 15) is 13.2 Å². The molecule has 1 aliphatic rings. The molecule has 7 heteroatoms. The first-order valence-corrected chi connectivity index (χ1v) is 8.71. The van der Waals surface area contributed by atoms with E-state index in [4.69, 9.17) is 5.73 Å². The molecule has 0 aromatic heterocycles. The van der Waals surface area contributed by atoms with Crippen LogP contribution < -0.4 is 15.4 Å². The highest BCUT2D eigenvalue weighted by Crippen LogP contribution is 2.24. The Morgan fingerprint density at radius 3 is 2.38 bits per heavy atom. The Bertz CT molecular complexity index is 590. The lowest BCUT2D eigenvalue weighted by Gasteiger charge is -2.32. The van der Waals surface area contributed by atoms with Gasteiger partial charge in [0.25, 0.3) is 0 Å². The molecule has 0 bridgehead atoms. The van der Waals surface area contributed by atoms with Crippen molar-refractivity contribution in [2.45, 2.75) is 19.8 Å². The number of nitrogens with two attached hydrogens (primary N) is 1. The topological polar surface area (TPSA) is 92.5 Å². The summed E-state index contributed by atoms with van der Waals surface area (Å²) in [6.07, 6.45) is 1.30. The molecule has 1 fully saturated rings. The first-order valence-electron chi connectivity index (χ1n) is 7.06. The van der Waals surface area contributed by atoms with Gasteiger partial charge in [-0.25, -0.2) is 8.42 Å². The van der Waals surface area contributed by atoms with E-state index in [1.165, 1.54) is 6.92 Å². The Balaban J connectivity index is 1.91. The number of sulfonamides is 1. The number of amides is 1. The van der Waals surface area contributed by atoms with E-state index >= 15 is 0 Å². The molecule has 1 amide bonds. The number of benzene rings is 1. The molecule has 1 aromatic carbocycles. The average molecular weight is 311 g/mol. The molecule has 116 valence electrons. The summed E-state index contributed by atoms with van der Waals surface area (Å²) in [4.78, 5) is 14.1. The number of hydrogen-bond donors (Lipinski definition) is 2. The van der Waals surface area contributed by atoms with Gasteiger partial charge in [-0.3, -0.25) is 9.52 Å². The van der Waals surface area contributed by atoms with Crippen LogP contribution in [0.15, 0.2) is 24.3 Å². The van der Waals surface area contributed by atoms with E-state index in [2.05, 4.69) is 9.62 Å². The minimum atomic E-state index is -3.47. The first kappa shape index (κ1) is 15.6. The Morgan fingerprint density at radius 1 is 1.29 bits per heavy atom. The second kappa shape index (κ2) is 6.34. The summed E-state index contributed by atoms with van der Waals surface area (Å²) < 4.78 is 25.0. The molecule has 6 nitrogen and oxygen atoms in total. The molecule has 0 saturated carbocycles. The number of piperidine rings is 1. The molecule has 1 saturated heterocycles. The maximum absolute atomic E-state index is 11.9. The van der Waals surface area contributed by atoms with Crippen molar-refractivity contribution in [3.05, 3.63) is 24.3 Å². The quantitative estimate of drug-likeness (QED) is 0.808. The second-order valence-electron chi connectivity index (χ2n) is 5.22. The van der Waals surface area contributed by atoms with Crippen LogP contribution in [-0.2, 0) is 14.8 Å². The van der Waals surface area contributed by atoms with Gasteiger partial charge >= 0.3 is 0 Å². The number of nitrogen functional groups attached to an aromatic ring is 1. The number of nitrogens with one attached hydrogen (secondary N) is 1. The number of carbonyl (C=O) groups excluding carboxylic acids is 1. The minimum Gasteiger partial charge on any atom is -0.399 e. The molecular formula is C14H21N3O3S. The molecule has 2 rings (SSSR count). The van der Waals surface area contributed by atoms with Crippen molar-refractivity contribution in [1.82, 2.24) is 4.72 Å². The highest BCUT2D eigenvalue weighted by atomic mass is 32.2. The van der Waals surface area contributed by atoms with Crippen LogP contribution in [0.5, 0.6) is 0 Å². The van der Waals surface area contributed by atoms with Crippen LogP contribution in [0.4, 0.5) is 11.4 Å². The zero-order chi connectivity index (χ0) is 15.5. The van der Waals surface area contributed by atoms with Crippen LogP contribution in [0.3, 0.4) is 0 Å². The Labute approximate surface area is 125 Å². The normalized spacial score (nSPS) is 16.7. The van der Waals surface area contributed by atoms with Crippen molar-refractivity contribution in [3.63, 3.8) is 0 Å². The Hall–Kier alpha value is -1.76. The number of nitrogens with zero attached hydrogens (tertiary/aromatic N) is 1. The van der Waals surface area contributed by atoms with Crippen molar-refractivity contribution in [3.8, 4) is 0 Å². The molecule has 0 aliphatic carbocycles. The highest BCUT2D eigenvalue weighted by molar-refractivity contribution is 7.90. The molecule has 21 heavy (non-hydrogen) atoms. The fraction of sp³-hybridized carbons (Fsp3) is 0.500. The molecule has 1 aliphatic heterocycles. The fourth-order valence-electron chi connectivity index (χ4n) is 2.39. The van der Waals surface area contributed by atoms with Crippen molar-refractivity contribution in [2.24, 2.45) is 5.92 Å². The molecule has 0 atom stereocenters. The number of carbonyl (C=O) groups is 1. The molecule has 1 aromatic rings. The predicted molar refractivity (Wildman–Crippen MR) is 83.4 cm³/mol. The third kappa shape index (κ3) is 4.10. The molecule has 0 unspecified atom stereocenters. The average Bonchev–Trinajstić information content (AvgIpc) is 2.48. The fourth-order valence-corrected chi connectivity index (χ4v) is 3.01. The predicted octanol–water partition coefficient (Wildman–Crippen LogP) is 0.951. The molecule has 0 radical (unpaired) electrons. The number of hydrogen-bond acceptors (Lipinski definition) is 5. The zero-order valence-corrected chi connectivity index (χ0v) is 12.9. The lowest BCUT2D eigenvalue weighted by atomic mass is 9.96. The second-order valence-corrected chi connectivity index (χ2v) is 7.23. The van der Waals surface area contributed by atoms with Gasteiger partial charge in [0, 0.05) is 30.4 Å².